The van der Waals surface area contributed by atoms with Crippen molar-refractivity contribution in [2.45, 2.75) is 6.42 Å². The fourth-order valence-corrected chi connectivity index (χ4v) is 3.39. The number of carbonyl (C=O) groups excluding carboxylic acids is 2. The Morgan fingerprint density at radius 1 is 1.11 bits per heavy atom. The van der Waals surface area contributed by atoms with Crippen molar-refractivity contribution in [2.75, 3.05) is 11.9 Å². The van der Waals surface area contributed by atoms with Crippen molar-refractivity contribution < 1.29 is 9.59 Å². The van der Waals surface area contributed by atoms with Gasteiger partial charge in [-0.15, -0.1) is 11.3 Å². The number of para-hydroxylation sites is 1. The van der Waals surface area contributed by atoms with E-state index in [2.05, 4.69) is 15.6 Å². The Balaban J connectivity index is 1.51. The fourth-order valence-electron chi connectivity index (χ4n) is 2.40. The van der Waals surface area contributed by atoms with E-state index in [4.69, 9.17) is 16.9 Å². The molecular formula is C20H15ClN4O2S. The Bertz CT molecular complexity index is 1040. The van der Waals surface area contributed by atoms with E-state index < -0.39 is 11.8 Å². The van der Waals surface area contributed by atoms with E-state index in [1.54, 1.807) is 36.4 Å². The molecule has 2 aromatic carbocycles. The molecule has 8 heteroatoms. The second-order valence-corrected chi connectivity index (χ2v) is 7.06. The molecule has 0 spiro atoms. The number of carbonyl (C=O) groups is 2. The monoisotopic (exact) mass is 410 g/mol. The number of amides is 2. The predicted molar refractivity (Wildman–Crippen MR) is 109 cm³/mol. The minimum atomic E-state index is -0.817. The van der Waals surface area contributed by atoms with Gasteiger partial charge in [0.15, 0.2) is 0 Å². The fraction of sp³-hybridized carbons (Fsp3) is 0.100. The zero-order valence-corrected chi connectivity index (χ0v) is 16.2. The lowest BCUT2D eigenvalue weighted by Crippen LogP contribution is -2.36. The molecule has 0 aliphatic carbocycles. The summed E-state index contributed by atoms with van der Waals surface area (Å²) in [4.78, 5) is 28.5. The quantitative estimate of drug-likeness (QED) is 0.628. The van der Waals surface area contributed by atoms with Crippen LogP contribution in [0.5, 0.6) is 0 Å². The average Bonchev–Trinajstić information content (AvgIpc) is 3.17. The number of halogens is 1. The first-order valence-electron chi connectivity index (χ1n) is 8.35. The Morgan fingerprint density at radius 3 is 2.61 bits per heavy atom. The number of nitrogens with zero attached hydrogens (tertiary/aromatic N) is 2. The molecule has 0 saturated carbocycles. The number of nitriles is 1. The highest BCUT2D eigenvalue weighted by Crippen LogP contribution is 2.25. The van der Waals surface area contributed by atoms with Gasteiger partial charge in [-0.05, 0) is 24.3 Å². The van der Waals surface area contributed by atoms with Gasteiger partial charge in [0, 0.05) is 28.9 Å². The van der Waals surface area contributed by atoms with Gasteiger partial charge in [0.05, 0.1) is 16.9 Å². The van der Waals surface area contributed by atoms with Crippen LogP contribution < -0.4 is 10.6 Å². The lowest BCUT2D eigenvalue weighted by Gasteiger charge is -2.07. The zero-order valence-electron chi connectivity index (χ0n) is 14.6. The molecule has 0 aliphatic rings. The summed E-state index contributed by atoms with van der Waals surface area (Å²) in [5, 5.41) is 17.5. The van der Waals surface area contributed by atoms with Crippen LogP contribution in [0.25, 0.3) is 10.6 Å². The molecule has 0 atom stereocenters. The van der Waals surface area contributed by atoms with Gasteiger partial charge < -0.3 is 10.6 Å². The van der Waals surface area contributed by atoms with E-state index in [-0.39, 0.29) is 6.54 Å². The minimum Gasteiger partial charge on any atom is -0.347 e. The van der Waals surface area contributed by atoms with Crippen molar-refractivity contribution in [3.63, 3.8) is 0 Å². The summed E-state index contributed by atoms with van der Waals surface area (Å²) in [6, 6.07) is 15.9. The Kier molecular flexibility index (Phi) is 6.37. The molecule has 6 nitrogen and oxygen atoms in total. The van der Waals surface area contributed by atoms with E-state index in [1.165, 1.54) is 11.3 Å². The van der Waals surface area contributed by atoms with Gasteiger partial charge in [0.2, 0.25) is 0 Å². The Morgan fingerprint density at radius 2 is 1.86 bits per heavy atom. The van der Waals surface area contributed by atoms with Crippen LogP contribution in [0.2, 0.25) is 5.02 Å². The van der Waals surface area contributed by atoms with Crippen molar-refractivity contribution >= 4 is 40.4 Å². The summed E-state index contributed by atoms with van der Waals surface area (Å²) in [6.07, 6.45) is 0.498. The van der Waals surface area contributed by atoms with Gasteiger partial charge in [0.25, 0.3) is 0 Å². The molecule has 0 radical (unpaired) electrons. The molecular weight excluding hydrogens is 396 g/mol. The molecule has 2 amide bonds. The summed E-state index contributed by atoms with van der Waals surface area (Å²) < 4.78 is 0. The van der Waals surface area contributed by atoms with Crippen LogP contribution in [-0.4, -0.2) is 23.3 Å². The highest BCUT2D eigenvalue weighted by Gasteiger charge is 2.15. The van der Waals surface area contributed by atoms with Crippen LogP contribution >= 0.6 is 22.9 Å². The standard InChI is InChI=1S/C20H15ClN4O2S/c21-15-7-5-13(6-8-15)20-24-16(12-28-20)9-10-23-18(26)19(27)25-17-4-2-1-3-14(17)11-22/h1-8,12H,9-10H2,(H,23,26)(H,25,27). The summed E-state index contributed by atoms with van der Waals surface area (Å²) in [6.45, 7) is 0.274. The highest BCUT2D eigenvalue weighted by atomic mass is 35.5. The van der Waals surface area contributed by atoms with Gasteiger partial charge in [0.1, 0.15) is 11.1 Å². The molecule has 0 unspecified atom stereocenters. The molecule has 0 bridgehead atoms. The number of hydrogen-bond donors (Lipinski definition) is 2. The first-order chi connectivity index (χ1) is 13.6. The number of hydrogen-bond acceptors (Lipinski definition) is 5. The van der Waals surface area contributed by atoms with E-state index >= 15 is 0 Å². The van der Waals surface area contributed by atoms with Crippen LogP contribution in [0, 0.1) is 11.3 Å². The van der Waals surface area contributed by atoms with Crippen LogP contribution in [0.3, 0.4) is 0 Å². The van der Waals surface area contributed by atoms with Crippen LogP contribution in [0.4, 0.5) is 5.69 Å². The smallest absolute Gasteiger partial charge is 0.313 e. The topological polar surface area (TPSA) is 94.9 Å². The van der Waals surface area contributed by atoms with Gasteiger partial charge in [-0.2, -0.15) is 5.26 Å². The van der Waals surface area contributed by atoms with Gasteiger partial charge in [-0.1, -0.05) is 35.9 Å². The first-order valence-corrected chi connectivity index (χ1v) is 9.61. The summed E-state index contributed by atoms with van der Waals surface area (Å²) in [7, 11) is 0. The molecule has 0 aliphatic heterocycles. The van der Waals surface area contributed by atoms with Crippen LogP contribution in [-0.2, 0) is 16.0 Å². The maximum absolute atomic E-state index is 12.0. The lowest BCUT2D eigenvalue weighted by atomic mass is 10.2. The highest BCUT2D eigenvalue weighted by molar-refractivity contribution is 7.13. The Labute approximate surface area is 170 Å². The van der Waals surface area contributed by atoms with Crippen LogP contribution in [0.15, 0.2) is 53.9 Å². The van der Waals surface area contributed by atoms with Crippen molar-refractivity contribution in [3.8, 4) is 16.6 Å². The number of anilines is 1. The zero-order chi connectivity index (χ0) is 19.9. The third-order valence-electron chi connectivity index (χ3n) is 3.81. The molecule has 1 heterocycles. The average molecular weight is 411 g/mol. The molecule has 0 fully saturated rings. The third-order valence-corrected chi connectivity index (χ3v) is 5.00. The number of benzene rings is 2. The summed E-state index contributed by atoms with van der Waals surface area (Å²) in [5.41, 5.74) is 2.39. The van der Waals surface area contributed by atoms with Crippen LogP contribution in [0.1, 0.15) is 11.3 Å². The molecule has 140 valence electrons. The summed E-state index contributed by atoms with van der Waals surface area (Å²) in [5.74, 6) is -1.58. The van der Waals surface area contributed by atoms with Crippen molar-refractivity contribution in [3.05, 3.63) is 70.2 Å². The summed E-state index contributed by atoms with van der Waals surface area (Å²) >= 11 is 7.39. The molecule has 3 aromatic rings. The normalized spacial score (nSPS) is 10.1. The van der Waals surface area contributed by atoms with Gasteiger partial charge in [-0.3, -0.25) is 9.59 Å². The maximum atomic E-state index is 12.0. The Hall–Kier alpha value is -3.21. The van der Waals surface area contributed by atoms with Crippen molar-refractivity contribution in [2.24, 2.45) is 0 Å². The molecule has 28 heavy (non-hydrogen) atoms. The van der Waals surface area contributed by atoms with Crippen molar-refractivity contribution in [1.82, 2.24) is 10.3 Å². The van der Waals surface area contributed by atoms with Gasteiger partial charge in [-0.25, -0.2) is 4.98 Å². The third kappa shape index (κ3) is 4.94. The molecule has 0 saturated heterocycles. The van der Waals surface area contributed by atoms with E-state index in [9.17, 15) is 9.59 Å². The molecule has 1 aromatic heterocycles. The second-order valence-electron chi connectivity index (χ2n) is 5.77. The first kappa shape index (κ1) is 19.5. The lowest BCUT2D eigenvalue weighted by molar-refractivity contribution is -0.136. The van der Waals surface area contributed by atoms with E-state index in [1.807, 2.05) is 23.6 Å². The SMILES string of the molecule is N#Cc1ccccc1NC(=O)C(=O)NCCc1csc(-c2ccc(Cl)cc2)n1. The molecule has 3 rings (SSSR count). The predicted octanol–water partition coefficient (Wildman–Crippen LogP) is 3.63. The largest absolute Gasteiger partial charge is 0.347 e. The number of aromatic nitrogens is 1. The van der Waals surface area contributed by atoms with Gasteiger partial charge >= 0.3 is 11.8 Å². The minimum absolute atomic E-state index is 0.274. The maximum Gasteiger partial charge on any atom is 0.313 e. The van der Waals surface area contributed by atoms with E-state index in [0.717, 1.165) is 16.3 Å². The van der Waals surface area contributed by atoms with Crippen molar-refractivity contribution in [1.29, 1.82) is 5.26 Å². The van der Waals surface area contributed by atoms with E-state index in [0.29, 0.717) is 22.7 Å². The number of thiazole rings is 1. The second kappa shape index (κ2) is 9.13. The number of rotatable bonds is 5. The number of nitrogens with one attached hydrogen (secondary N) is 2. The molecule has 2 N–H and O–H groups in total.